The highest BCUT2D eigenvalue weighted by atomic mass is 16.2. The molecule has 1 aliphatic heterocycles. The quantitative estimate of drug-likeness (QED) is 0.655. The third-order valence-corrected chi connectivity index (χ3v) is 3.51. The lowest BCUT2D eigenvalue weighted by molar-refractivity contribution is -0.128. The van der Waals surface area contributed by atoms with E-state index in [-0.39, 0.29) is 5.91 Å². The van der Waals surface area contributed by atoms with Gasteiger partial charge in [0.25, 0.3) is 0 Å². The summed E-state index contributed by atoms with van der Waals surface area (Å²) < 4.78 is 0. The van der Waals surface area contributed by atoms with Crippen LogP contribution in [0.25, 0.3) is 6.08 Å². The zero-order valence-corrected chi connectivity index (χ0v) is 11.7. The maximum absolute atomic E-state index is 12.2. The number of hydrogen-bond donors (Lipinski definition) is 1. The molecule has 0 aromatic heterocycles. The molecule has 1 aromatic carbocycles. The van der Waals surface area contributed by atoms with Crippen LogP contribution in [-0.2, 0) is 4.79 Å². The molecule has 2 unspecified atom stereocenters. The molecule has 0 radical (unpaired) electrons. The first kappa shape index (κ1) is 13.7. The van der Waals surface area contributed by atoms with Crippen LogP contribution >= 0.6 is 0 Å². The van der Waals surface area contributed by atoms with Gasteiger partial charge in [0.15, 0.2) is 0 Å². The van der Waals surface area contributed by atoms with Gasteiger partial charge in [-0.2, -0.15) is 0 Å². The monoisotopic (exact) mass is 258 g/mol. The number of carbonyl (C=O) groups is 1. The molecule has 2 atom stereocenters. The number of likely N-dealkylation sites (tertiary alicyclic amines) is 1. The van der Waals surface area contributed by atoms with Gasteiger partial charge in [-0.15, -0.1) is 0 Å². The van der Waals surface area contributed by atoms with Gasteiger partial charge < -0.3 is 10.6 Å². The number of anilines is 1. The highest BCUT2D eigenvalue weighted by Gasteiger charge is 2.23. The van der Waals surface area contributed by atoms with Crippen molar-refractivity contribution in [1.29, 1.82) is 0 Å². The van der Waals surface area contributed by atoms with Crippen LogP contribution in [0.15, 0.2) is 30.3 Å². The van der Waals surface area contributed by atoms with Gasteiger partial charge in [-0.25, -0.2) is 0 Å². The predicted molar refractivity (Wildman–Crippen MR) is 79.4 cm³/mol. The molecule has 19 heavy (non-hydrogen) atoms. The van der Waals surface area contributed by atoms with E-state index in [0.29, 0.717) is 11.8 Å². The van der Waals surface area contributed by atoms with Gasteiger partial charge in [-0.3, -0.25) is 4.79 Å². The molecular weight excluding hydrogens is 236 g/mol. The fourth-order valence-corrected chi connectivity index (χ4v) is 2.78. The van der Waals surface area contributed by atoms with E-state index in [0.717, 1.165) is 24.3 Å². The minimum absolute atomic E-state index is 0.0980. The predicted octanol–water partition coefficient (Wildman–Crippen LogP) is 2.79. The average Bonchev–Trinajstić information content (AvgIpc) is 2.35. The Morgan fingerprint density at radius 1 is 1.32 bits per heavy atom. The number of hydrogen-bond acceptors (Lipinski definition) is 2. The summed E-state index contributed by atoms with van der Waals surface area (Å²) >= 11 is 0. The highest BCUT2D eigenvalue weighted by Crippen LogP contribution is 2.21. The number of nitrogens with zero attached hydrogens (tertiary/aromatic N) is 1. The van der Waals surface area contributed by atoms with Gasteiger partial charge in [0.2, 0.25) is 5.91 Å². The SMILES string of the molecule is CC1CC(C)CN(C(=O)/C=C/c2cccc(N)c2)C1. The first-order chi connectivity index (χ1) is 9.04. The lowest BCUT2D eigenvalue weighted by atomic mass is 9.92. The first-order valence-corrected chi connectivity index (χ1v) is 6.87. The van der Waals surface area contributed by atoms with Crippen molar-refractivity contribution < 1.29 is 4.79 Å². The Morgan fingerprint density at radius 3 is 2.63 bits per heavy atom. The number of piperidine rings is 1. The number of rotatable bonds is 2. The van der Waals surface area contributed by atoms with Crippen LogP contribution in [0.1, 0.15) is 25.8 Å². The van der Waals surface area contributed by atoms with Crippen molar-refractivity contribution in [3.63, 3.8) is 0 Å². The van der Waals surface area contributed by atoms with E-state index in [4.69, 9.17) is 5.73 Å². The van der Waals surface area contributed by atoms with E-state index in [2.05, 4.69) is 13.8 Å². The van der Waals surface area contributed by atoms with Crippen LogP contribution in [0.5, 0.6) is 0 Å². The number of benzene rings is 1. The maximum atomic E-state index is 12.2. The second-order valence-electron chi connectivity index (χ2n) is 5.69. The number of carbonyl (C=O) groups excluding carboxylic acids is 1. The molecule has 1 fully saturated rings. The van der Waals surface area contributed by atoms with Crippen LogP contribution < -0.4 is 5.73 Å². The fraction of sp³-hybridized carbons (Fsp3) is 0.438. The Balaban J connectivity index is 2.00. The second-order valence-corrected chi connectivity index (χ2v) is 5.69. The second kappa shape index (κ2) is 5.91. The van der Waals surface area contributed by atoms with Crippen molar-refractivity contribution in [2.24, 2.45) is 11.8 Å². The standard InChI is InChI=1S/C16H22N2O/c1-12-8-13(2)11-18(10-12)16(19)7-6-14-4-3-5-15(17)9-14/h3-7,9,12-13H,8,10-11,17H2,1-2H3/b7-6+. The molecule has 1 aromatic rings. The molecule has 1 saturated heterocycles. The smallest absolute Gasteiger partial charge is 0.246 e. The summed E-state index contributed by atoms with van der Waals surface area (Å²) in [5.74, 6) is 1.28. The summed E-state index contributed by atoms with van der Waals surface area (Å²) in [5.41, 5.74) is 7.40. The molecule has 1 aliphatic rings. The zero-order valence-electron chi connectivity index (χ0n) is 11.7. The first-order valence-electron chi connectivity index (χ1n) is 6.87. The minimum atomic E-state index is 0.0980. The van der Waals surface area contributed by atoms with Crippen LogP contribution in [0.3, 0.4) is 0 Å². The molecular formula is C16H22N2O. The van der Waals surface area contributed by atoms with E-state index < -0.39 is 0 Å². The molecule has 102 valence electrons. The molecule has 2 rings (SSSR count). The maximum Gasteiger partial charge on any atom is 0.246 e. The van der Waals surface area contributed by atoms with Crippen LogP contribution in [-0.4, -0.2) is 23.9 Å². The van der Waals surface area contributed by atoms with Crippen molar-refractivity contribution in [3.8, 4) is 0 Å². The summed E-state index contributed by atoms with van der Waals surface area (Å²) in [4.78, 5) is 14.1. The van der Waals surface area contributed by atoms with Gasteiger partial charge in [0.05, 0.1) is 0 Å². The lowest BCUT2D eigenvalue weighted by Gasteiger charge is -2.34. The minimum Gasteiger partial charge on any atom is -0.399 e. The van der Waals surface area contributed by atoms with Gasteiger partial charge in [0, 0.05) is 24.9 Å². The Labute approximate surface area is 115 Å². The zero-order chi connectivity index (χ0) is 13.8. The van der Waals surface area contributed by atoms with Crippen molar-refractivity contribution in [2.75, 3.05) is 18.8 Å². The van der Waals surface area contributed by atoms with Gasteiger partial charge in [-0.05, 0) is 42.0 Å². The molecule has 0 saturated carbocycles. The summed E-state index contributed by atoms with van der Waals surface area (Å²) in [6.45, 7) is 6.14. The largest absolute Gasteiger partial charge is 0.399 e. The Morgan fingerprint density at radius 2 is 2.00 bits per heavy atom. The average molecular weight is 258 g/mol. The summed E-state index contributed by atoms with van der Waals surface area (Å²) in [6, 6.07) is 7.55. The van der Waals surface area contributed by atoms with E-state index in [1.165, 1.54) is 6.42 Å². The Kier molecular flexibility index (Phi) is 4.25. The molecule has 0 bridgehead atoms. The number of nitrogen functional groups attached to an aromatic ring is 1. The molecule has 2 N–H and O–H groups in total. The summed E-state index contributed by atoms with van der Waals surface area (Å²) in [5, 5.41) is 0. The fourth-order valence-electron chi connectivity index (χ4n) is 2.78. The Hall–Kier alpha value is -1.77. The van der Waals surface area contributed by atoms with Crippen LogP contribution in [0.4, 0.5) is 5.69 Å². The van der Waals surface area contributed by atoms with Gasteiger partial charge in [0.1, 0.15) is 0 Å². The molecule has 0 aliphatic carbocycles. The van der Waals surface area contributed by atoms with Crippen LogP contribution in [0, 0.1) is 11.8 Å². The number of nitrogens with two attached hydrogens (primary N) is 1. The van der Waals surface area contributed by atoms with E-state index >= 15 is 0 Å². The highest BCUT2D eigenvalue weighted by molar-refractivity contribution is 5.92. The third kappa shape index (κ3) is 3.85. The summed E-state index contributed by atoms with van der Waals surface area (Å²) in [7, 11) is 0. The molecule has 3 nitrogen and oxygen atoms in total. The van der Waals surface area contributed by atoms with E-state index in [1.54, 1.807) is 6.08 Å². The van der Waals surface area contributed by atoms with E-state index in [9.17, 15) is 4.79 Å². The van der Waals surface area contributed by atoms with Crippen molar-refractivity contribution in [1.82, 2.24) is 4.90 Å². The molecule has 1 amide bonds. The summed E-state index contributed by atoms with van der Waals surface area (Å²) in [6.07, 6.45) is 4.70. The Bertz CT molecular complexity index is 471. The normalized spacial score (nSPS) is 23.8. The van der Waals surface area contributed by atoms with Crippen molar-refractivity contribution in [2.45, 2.75) is 20.3 Å². The van der Waals surface area contributed by atoms with Gasteiger partial charge in [-0.1, -0.05) is 26.0 Å². The number of amides is 1. The molecule has 0 spiro atoms. The lowest BCUT2D eigenvalue weighted by Crippen LogP contribution is -2.41. The molecule has 1 heterocycles. The van der Waals surface area contributed by atoms with Gasteiger partial charge >= 0.3 is 0 Å². The van der Waals surface area contributed by atoms with Crippen molar-refractivity contribution >= 4 is 17.7 Å². The molecule has 3 heteroatoms. The third-order valence-electron chi connectivity index (χ3n) is 3.51. The van der Waals surface area contributed by atoms with E-state index in [1.807, 2.05) is 35.2 Å². The topological polar surface area (TPSA) is 46.3 Å². The van der Waals surface area contributed by atoms with Crippen LogP contribution in [0.2, 0.25) is 0 Å². The van der Waals surface area contributed by atoms with Crippen molar-refractivity contribution in [3.05, 3.63) is 35.9 Å².